The minimum Gasteiger partial charge on any atom is -0.491 e. The van der Waals surface area contributed by atoms with Crippen LogP contribution in [0.2, 0.25) is 0 Å². The average Bonchev–Trinajstić information content (AvgIpc) is 2.68. The fourth-order valence-corrected chi connectivity index (χ4v) is 1.36. The van der Waals surface area contributed by atoms with Gasteiger partial charge in [0.05, 0.1) is 11.9 Å². The molecule has 0 amide bonds. The number of imidazole rings is 1. The van der Waals surface area contributed by atoms with Crippen LogP contribution in [0.5, 0.6) is 5.75 Å². The Hall–Kier alpha value is -1.55. The number of hydrogen-bond acceptors (Lipinski definition) is 3. The van der Waals surface area contributed by atoms with Crippen molar-refractivity contribution in [3.8, 4) is 5.75 Å². The van der Waals surface area contributed by atoms with E-state index < -0.39 is 0 Å². The zero-order valence-corrected chi connectivity index (χ0v) is 10.1. The number of nitrogens with two attached hydrogens (primary N) is 1. The van der Waals surface area contributed by atoms with Crippen molar-refractivity contribution in [2.75, 3.05) is 13.2 Å². The molecule has 2 N–H and O–H groups in total. The van der Waals surface area contributed by atoms with Gasteiger partial charge in [0, 0.05) is 14.2 Å². The molecule has 4 nitrogen and oxygen atoms in total. The van der Waals surface area contributed by atoms with E-state index in [1.165, 1.54) is 0 Å². The van der Waals surface area contributed by atoms with Crippen molar-refractivity contribution in [3.05, 3.63) is 30.2 Å². The summed E-state index contributed by atoms with van der Waals surface area (Å²) in [6.07, 6.45) is 3.87. The summed E-state index contributed by atoms with van der Waals surface area (Å²) in [7, 11) is 0. The van der Waals surface area contributed by atoms with Crippen LogP contribution in [-0.2, 0) is 0 Å². The molecule has 2 aromatic heterocycles. The molecule has 90 valence electrons. The predicted molar refractivity (Wildman–Crippen MR) is 67.9 cm³/mol. The Morgan fingerprint density at radius 1 is 1.38 bits per heavy atom. The molecule has 0 fully saturated rings. The molecular weight excluding hydrogens is 202 g/mol. The van der Waals surface area contributed by atoms with E-state index in [1.54, 1.807) is 0 Å². The fraction of sp³-hybridized carbons (Fsp3) is 0.417. The van der Waals surface area contributed by atoms with Crippen molar-refractivity contribution in [2.24, 2.45) is 5.73 Å². The first-order valence-electron chi connectivity index (χ1n) is 5.58. The van der Waals surface area contributed by atoms with E-state index >= 15 is 0 Å². The molecule has 0 aliphatic heterocycles. The molecule has 0 aromatic carbocycles. The molecule has 0 atom stereocenters. The smallest absolute Gasteiger partial charge is 0.137 e. The molecule has 0 aliphatic carbocycles. The van der Waals surface area contributed by atoms with E-state index in [9.17, 15) is 0 Å². The minimum atomic E-state index is 0. The Balaban J connectivity index is 0.000000811. The van der Waals surface area contributed by atoms with Crippen LogP contribution in [0.15, 0.2) is 24.5 Å². The van der Waals surface area contributed by atoms with Crippen molar-refractivity contribution < 1.29 is 6.16 Å². The number of rotatable bonds is 3. The van der Waals surface area contributed by atoms with Crippen molar-refractivity contribution in [1.82, 2.24) is 9.38 Å². The van der Waals surface area contributed by atoms with E-state index in [4.69, 9.17) is 10.5 Å². The number of nitrogens with zero attached hydrogens (tertiary/aromatic N) is 2. The molecule has 0 saturated carbocycles. The van der Waals surface area contributed by atoms with Gasteiger partial charge in [-0.15, -0.1) is 0 Å². The molecule has 0 bridgehead atoms. The van der Waals surface area contributed by atoms with Crippen molar-refractivity contribution in [3.63, 3.8) is 0 Å². The lowest BCUT2D eigenvalue weighted by Crippen LogP contribution is -2.10. The molecule has 4 heteroatoms. The highest BCUT2D eigenvalue weighted by atomic mass is 16.5. The summed E-state index contributed by atoms with van der Waals surface area (Å²) < 4.78 is 7.34. The largest absolute Gasteiger partial charge is 0.491 e. The molecule has 2 heterocycles. The maximum absolute atomic E-state index is 5.40. The lowest BCUT2D eigenvalue weighted by atomic mass is 10.4. The van der Waals surface area contributed by atoms with Crippen molar-refractivity contribution in [1.29, 1.82) is 0 Å². The van der Waals surface area contributed by atoms with Gasteiger partial charge in [-0.3, -0.25) is 0 Å². The third-order valence-corrected chi connectivity index (χ3v) is 1.93. The van der Waals surface area contributed by atoms with Gasteiger partial charge in [0.2, 0.25) is 0 Å². The number of ether oxygens (including phenoxy) is 1. The van der Waals surface area contributed by atoms with Crippen molar-refractivity contribution >= 4 is 5.65 Å². The second-order valence-electron chi connectivity index (χ2n) is 3.15. The maximum atomic E-state index is 5.40. The average molecular weight is 223 g/mol. The monoisotopic (exact) mass is 223 g/mol. The van der Waals surface area contributed by atoms with Gasteiger partial charge in [0.1, 0.15) is 18.0 Å². The Bertz CT molecular complexity index is 442. The van der Waals surface area contributed by atoms with Gasteiger partial charge >= 0.3 is 0 Å². The second-order valence-corrected chi connectivity index (χ2v) is 3.15. The summed E-state index contributed by atoms with van der Waals surface area (Å²) in [5, 5.41) is 0. The molecule has 2 rings (SSSR count). The molecule has 0 spiro atoms. The second kappa shape index (κ2) is 6.12. The Morgan fingerprint density at radius 2 is 2.12 bits per heavy atom. The number of fused-ring (bicyclic) bond motifs is 1. The molecule has 0 radical (unpaired) electrons. The normalized spacial score (nSPS) is 9.75. The maximum Gasteiger partial charge on any atom is 0.137 e. The van der Waals surface area contributed by atoms with Crippen LogP contribution in [0, 0.1) is 6.92 Å². The summed E-state index contributed by atoms with van der Waals surface area (Å²) in [5.74, 6) is 0.820. The summed E-state index contributed by atoms with van der Waals surface area (Å²) in [6, 6.07) is 3.83. The van der Waals surface area contributed by atoms with Crippen LogP contribution in [-0.4, -0.2) is 22.5 Å². The van der Waals surface area contributed by atoms with Crippen LogP contribution in [0.3, 0.4) is 0 Å². The molecule has 0 saturated heterocycles. The van der Waals surface area contributed by atoms with Gasteiger partial charge in [-0.2, -0.15) is 0 Å². The van der Waals surface area contributed by atoms with Gasteiger partial charge in [-0.1, -0.05) is 13.8 Å². The van der Waals surface area contributed by atoms with Gasteiger partial charge in [-0.05, 0) is 19.1 Å². The van der Waals surface area contributed by atoms with Crippen LogP contribution in [0.4, 0.5) is 0 Å². The first-order chi connectivity index (χ1) is 7.79. The topological polar surface area (TPSA) is 52.5 Å². The molecule has 16 heavy (non-hydrogen) atoms. The summed E-state index contributed by atoms with van der Waals surface area (Å²) in [6.45, 7) is 7.04. The van der Waals surface area contributed by atoms with E-state index in [0.717, 1.165) is 17.1 Å². The quantitative estimate of drug-likeness (QED) is 0.868. The third-order valence-electron chi connectivity index (χ3n) is 1.93. The van der Waals surface area contributed by atoms with Crippen LogP contribution >= 0.6 is 0 Å². The highest BCUT2D eigenvalue weighted by Crippen LogP contribution is 2.13. The summed E-state index contributed by atoms with van der Waals surface area (Å²) >= 11 is 0. The third kappa shape index (κ3) is 2.97. The molecular formula is C12H21N3O. The number of pyridine rings is 1. The van der Waals surface area contributed by atoms with Gasteiger partial charge < -0.3 is 14.9 Å². The van der Waals surface area contributed by atoms with Gasteiger partial charge in [-0.25, -0.2) is 4.98 Å². The predicted octanol–water partition coefficient (Wildman–Crippen LogP) is 2.25. The number of aromatic nitrogens is 2. The van der Waals surface area contributed by atoms with Crippen LogP contribution < -0.4 is 10.5 Å². The lowest BCUT2D eigenvalue weighted by molar-refractivity contribution is 0.326. The van der Waals surface area contributed by atoms with E-state index in [-0.39, 0.29) is 1.43 Å². The summed E-state index contributed by atoms with van der Waals surface area (Å²) in [4.78, 5) is 4.32. The standard InChI is InChI=1S/C10H13N3O.C2H6.H2/c1-8-6-13-7-9(14-5-4-11)2-3-10(13)12-8;1-2;/h2-3,6-7H,4-5,11H2,1H3;1-2H3;1H. The van der Waals surface area contributed by atoms with E-state index in [2.05, 4.69) is 4.98 Å². The fourth-order valence-electron chi connectivity index (χ4n) is 1.36. The minimum absolute atomic E-state index is 0. The molecule has 2 aromatic rings. The van der Waals surface area contributed by atoms with Gasteiger partial charge in [0.25, 0.3) is 0 Å². The SMILES string of the molecule is CC.Cc1cn2cc(OCCN)ccc2n1.[HH]. The Labute approximate surface area is 97.5 Å². The Kier molecular flexibility index (Phi) is 4.79. The highest BCUT2D eigenvalue weighted by Gasteiger charge is 1.98. The number of hydrogen-bond donors (Lipinski definition) is 1. The zero-order chi connectivity index (χ0) is 12.0. The van der Waals surface area contributed by atoms with E-state index in [1.807, 2.05) is 49.7 Å². The van der Waals surface area contributed by atoms with Gasteiger partial charge in [0.15, 0.2) is 0 Å². The highest BCUT2D eigenvalue weighted by molar-refractivity contribution is 5.42. The lowest BCUT2D eigenvalue weighted by Gasteiger charge is -2.03. The molecule has 0 aliphatic rings. The van der Waals surface area contributed by atoms with Crippen LogP contribution in [0.1, 0.15) is 21.0 Å². The first-order valence-corrected chi connectivity index (χ1v) is 5.58. The molecule has 0 unspecified atom stereocenters. The van der Waals surface area contributed by atoms with E-state index in [0.29, 0.717) is 13.2 Å². The Morgan fingerprint density at radius 3 is 2.81 bits per heavy atom. The first kappa shape index (κ1) is 12.5. The van der Waals surface area contributed by atoms with Crippen LogP contribution in [0.25, 0.3) is 5.65 Å². The van der Waals surface area contributed by atoms with Crippen molar-refractivity contribution in [2.45, 2.75) is 20.8 Å². The summed E-state index contributed by atoms with van der Waals surface area (Å²) in [5.41, 5.74) is 7.28. The zero-order valence-electron chi connectivity index (χ0n) is 10.1. The number of aryl methyl sites for hydroxylation is 1.